The first-order chi connectivity index (χ1) is 7.70. The molecular formula is C12H16BNO2. The second-order valence-electron chi connectivity index (χ2n) is 3.77. The van der Waals surface area contributed by atoms with Gasteiger partial charge in [-0.3, -0.25) is 4.79 Å². The molecule has 1 aliphatic rings. The van der Waals surface area contributed by atoms with Crippen LogP contribution >= 0.6 is 0 Å². The Hall–Kier alpha value is -1.29. The average molecular weight is 217 g/mol. The van der Waals surface area contributed by atoms with Gasteiger partial charge in [0.25, 0.3) is 0 Å². The van der Waals surface area contributed by atoms with E-state index < -0.39 is 5.87 Å². The van der Waals surface area contributed by atoms with Crippen molar-refractivity contribution < 1.29 is 9.90 Å². The quantitative estimate of drug-likeness (QED) is 0.707. The first kappa shape index (κ1) is 12.8. The molecule has 0 unspecified atom stereocenters. The normalized spacial score (nSPS) is 16.0. The predicted octanol–water partition coefficient (Wildman–Crippen LogP) is 1.99. The minimum atomic E-state index is -1.33. The molecule has 0 saturated carbocycles. The van der Waals surface area contributed by atoms with Gasteiger partial charge in [0, 0.05) is 0 Å². The van der Waals surface area contributed by atoms with Crippen LogP contribution < -0.4 is 5.32 Å². The number of rotatable bonds is 1. The molecule has 2 N–H and O–H groups in total. The highest BCUT2D eigenvalue weighted by Crippen LogP contribution is 2.24. The van der Waals surface area contributed by atoms with Crippen molar-refractivity contribution in [3.8, 4) is 0 Å². The molecule has 0 aliphatic carbocycles. The summed E-state index contributed by atoms with van der Waals surface area (Å²) in [6.07, 6.45) is 2.59. The third kappa shape index (κ3) is 4.98. The SMILES string of the molecule is [B]C(=O)O.c1ccc(C2CCNCC2)cc1. The molecule has 2 radical (unpaired) electrons. The van der Waals surface area contributed by atoms with Gasteiger partial charge in [-0.2, -0.15) is 0 Å². The molecule has 4 heteroatoms. The molecule has 3 nitrogen and oxygen atoms in total. The zero-order valence-electron chi connectivity index (χ0n) is 9.23. The van der Waals surface area contributed by atoms with Crippen LogP contribution in [0.3, 0.4) is 0 Å². The van der Waals surface area contributed by atoms with Crippen LogP contribution in [0.2, 0.25) is 0 Å². The molecule has 1 fully saturated rings. The van der Waals surface area contributed by atoms with E-state index in [0.29, 0.717) is 0 Å². The standard InChI is InChI=1S/C11H15N.CHBO2/c1-2-4-10(5-3-1)11-6-8-12-9-7-11;2-1(3)4/h1-5,11-12H,6-9H2;(H,3,4). The minimum Gasteiger partial charge on any atom is -0.490 e. The van der Waals surface area contributed by atoms with Gasteiger partial charge in [-0.1, -0.05) is 30.3 Å². The maximum absolute atomic E-state index is 8.78. The monoisotopic (exact) mass is 217 g/mol. The van der Waals surface area contributed by atoms with Crippen LogP contribution in [-0.2, 0) is 0 Å². The highest BCUT2D eigenvalue weighted by molar-refractivity contribution is 6.54. The van der Waals surface area contributed by atoms with E-state index in [1.165, 1.54) is 31.5 Å². The molecule has 1 aromatic rings. The molecule has 1 aliphatic heterocycles. The molecule has 1 saturated heterocycles. The van der Waals surface area contributed by atoms with Crippen molar-refractivity contribution in [2.24, 2.45) is 0 Å². The Labute approximate surface area is 97.3 Å². The molecule has 0 aromatic heterocycles. The van der Waals surface area contributed by atoms with Crippen molar-refractivity contribution in [2.75, 3.05) is 13.1 Å². The number of carboxylic acid groups (broad SMARTS) is 1. The lowest BCUT2D eigenvalue weighted by Crippen LogP contribution is -2.26. The number of carbonyl (C=O) groups is 1. The van der Waals surface area contributed by atoms with Crippen molar-refractivity contribution in [3.63, 3.8) is 0 Å². The van der Waals surface area contributed by atoms with Crippen molar-refractivity contribution in [2.45, 2.75) is 18.8 Å². The maximum atomic E-state index is 8.78. The number of benzene rings is 1. The Morgan fingerprint density at radius 3 is 2.25 bits per heavy atom. The third-order valence-electron chi connectivity index (χ3n) is 2.61. The summed E-state index contributed by atoms with van der Waals surface area (Å²) in [5.41, 5.74) is 1.51. The summed E-state index contributed by atoms with van der Waals surface area (Å²) in [5, 5.41) is 10.6. The molecule has 1 aromatic carbocycles. The number of hydrogen-bond acceptors (Lipinski definition) is 2. The zero-order valence-corrected chi connectivity index (χ0v) is 9.23. The summed E-state index contributed by atoms with van der Waals surface area (Å²) in [5.74, 6) is -0.535. The Balaban J connectivity index is 0.000000280. The molecule has 0 atom stereocenters. The van der Waals surface area contributed by atoms with Gasteiger partial charge >= 0.3 is 0 Å². The van der Waals surface area contributed by atoms with Crippen molar-refractivity contribution in [1.29, 1.82) is 0 Å². The fraction of sp³-hybridized carbons (Fsp3) is 0.417. The highest BCUT2D eigenvalue weighted by atomic mass is 16.4. The Bertz CT molecular complexity index is 306. The van der Waals surface area contributed by atoms with Crippen molar-refractivity contribution >= 4 is 13.7 Å². The van der Waals surface area contributed by atoms with Crippen LogP contribution in [-0.4, -0.2) is 31.9 Å². The zero-order chi connectivity index (χ0) is 11.8. The van der Waals surface area contributed by atoms with Crippen LogP contribution in [0.15, 0.2) is 30.3 Å². The Morgan fingerprint density at radius 1 is 1.25 bits per heavy atom. The summed E-state index contributed by atoms with van der Waals surface area (Å²) >= 11 is 0. The van der Waals surface area contributed by atoms with E-state index in [1.807, 2.05) is 0 Å². The van der Waals surface area contributed by atoms with Gasteiger partial charge in [-0.15, -0.1) is 0 Å². The predicted molar refractivity (Wildman–Crippen MR) is 65.1 cm³/mol. The fourth-order valence-corrected chi connectivity index (χ4v) is 1.88. The van der Waals surface area contributed by atoms with E-state index in [4.69, 9.17) is 9.90 Å². The van der Waals surface area contributed by atoms with E-state index in [2.05, 4.69) is 43.5 Å². The summed E-state index contributed by atoms with van der Waals surface area (Å²) in [6, 6.07) is 10.9. The minimum absolute atomic E-state index is 0.799. The van der Waals surface area contributed by atoms with Crippen LogP contribution in [0, 0.1) is 0 Å². The summed E-state index contributed by atoms with van der Waals surface area (Å²) < 4.78 is 0. The van der Waals surface area contributed by atoms with Crippen molar-refractivity contribution in [1.82, 2.24) is 5.32 Å². The van der Waals surface area contributed by atoms with E-state index in [0.717, 1.165) is 5.92 Å². The van der Waals surface area contributed by atoms with E-state index in [1.54, 1.807) is 0 Å². The lowest BCUT2D eigenvalue weighted by atomic mass is 9.90. The Morgan fingerprint density at radius 2 is 1.75 bits per heavy atom. The lowest BCUT2D eigenvalue weighted by molar-refractivity contribution is 0.220. The summed E-state index contributed by atoms with van der Waals surface area (Å²) in [4.78, 5) is 8.78. The molecule has 16 heavy (non-hydrogen) atoms. The van der Waals surface area contributed by atoms with E-state index in [-0.39, 0.29) is 0 Å². The van der Waals surface area contributed by atoms with E-state index >= 15 is 0 Å². The van der Waals surface area contributed by atoms with Gasteiger partial charge in [0.15, 0.2) is 0 Å². The van der Waals surface area contributed by atoms with Crippen LogP contribution in [0.4, 0.5) is 4.79 Å². The van der Waals surface area contributed by atoms with Gasteiger partial charge in [-0.25, -0.2) is 0 Å². The molecular weight excluding hydrogens is 201 g/mol. The lowest BCUT2D eigenvalue weighted by Gasteiger charge is -2.22. The van der Waals surface area contributed by atoms with Gasteiger partial charge in [-0.05, 0) is 37.4 Å². The fourth-order valence-electron chi connectivity index (χ4n) is 1.88. The molecule has 84 valence electrons. The molecule has 0 bridgehead atoms. The molecule has 1 heterocycles. The average Bonchev–Trinajstić information content (AvgIpc) is 2.31. The summed E-state index contributed by atoms with van der Waals surface area (Å²) in [6.45, 7) is 2.36. The number of piperidine rings is 1. The van der Waals surface area contributed by atoms with Crippen LogP contribution in [0.25, 0.3) is 0 Å². The number of nitrogens with one attached hydrogen (secondary N) is 1. The van der Waals surface area contributed by atoms with Gasteiger partial charge in [0.05, 0.1) is 0 Å². The Kier molecular flexibility index (Phi) is 5.64. The largest absolute Gasteiger partial charge is 0.490 e. The molecule has 2 rings (SSSR count). The number of hydrogen-bond donors (Lipinski definition) is 2. The first-order valence-corrected chi connectivity index (χ1v) is 5.44. The second kappa shape index (κ2) is 7.07. The highest BCUT2D eigenvalue weighted by Gasteiger charge is 2.13. The second-order valence-corrected chi connectivity index (χ2v) is 3.77. The smallest absolute Gasteiger partial charge is 0.233 e. The molecule has 0 spiro atoms. The van der Waals surface area contributed by atoms with E-state index in [9.17, 15) is 0 Å². The maximum Gasteiger partial charge on any atom is 0.233 e. The van der Waals surface area contributed by atoms with Gasteiger partial charge in [0.2, 0.25) is 13.7 Å². The first-order valence-electron chi connectivity index (χ1n) is 5.44. The summed E-state index contributed by atoms with van der Waals surface area (Å²) in [7, 11) is 4.03. The van der Waals surface area contributed by atoms with Gasteiger partial charge in [0.1, 0.15) is 0 Å². The molecule has 0 amide bonds. The third-order valence-corrected chi connectivity index (χ3v) is 2.61. The topological polar surface area (TPSA) is 49.3 Å². The van der Waals surface area contributed by atoms with Crippen LogP contribution in [0.1, 0.15) is 24.3 Å². The van der Waals surface area contributed by atoms with Crippen LogP contribution in [0.5, 0.6) is 0 Å². The van der Waals surface area contributed by atoms with Crippen molar-refractivity contribution in [3.05, 3.63) is 35.9 Å². The van der Waals surface area contributed by atoms with Gasteiger partial charge < -0.3 is 10.4 Å².